The van der Waals surface area contributed by atoms with Crippen molar-refractivity contribution in [3.63, 3.8) is 0 Å². The number of amides is 1. The zero-order valence-electron chi connectivity index (χ0n) is 15.1. The molecule has 2 aromatic carbocycles. The Labute approximate surface area is 153 Å². The Bertz CT molecular complexity index is 879. The van der Waals surface area contributed by atoms with E-state index in [-0.39, 0.29) is 4.90 Å². The van der Waals surface area contributed by atoms with Crippen LogP contribution in [-0.4, -0.2) is 34.6 Å². The molecule has 7 nitrogen and oxygen atoms in total. The number of rotatable bonds is 7. The second kappa shape index (κ2) is 8.20. The third-order valence-electron chi connectivity index (χ3n) is 3.72. The Balaban J connectivity index is 2.11. The summed E-state index contributed by atoms with van der Waals surface area (Å²) >= 11 is 0. The van der Waals surface area contributed by atoms with E-state index in [1.807, 2.05) is 6.92 Å². The largest absolute Gasteiger partial charge is 0.497 e. The zero-order valence-corrected chi connectivity index (χ0v) is 15.9. The van der Waals surface area contributed by atoms with Crippen LogP contribution in [0, 0.1) is 6.92 Å². The number of methoxy groups -OCH3 is 2. The van der Waals surface area contributed by atoms with Crippen molar-refractivity contribution in [2.45, 2.75) is 24.8 Å². The number of benzene rings is 2. The van der Waals surface area contributed by atoms with Crippen LogP contribution in [0.1, 0.15) is 12.5 Å². The number of sulfonamides is 1. The molecule has 0 aliphatic rings. The smallest absolute Gasteiger partial charge is 0.242 e. The number of anilines is 1. The Morgan fingerprint density at radius 1 is 1.04 bits per heavy atom. The van der Waals surface area contributed by atoms with Crippen LogP contribution < -0.4 is 19.5 Å². The maximum Gasteiger partial charge on any atom is 0.242 e. The van der Waals surface area contributed by atoms with Gasteiger partial charge in [0.15, 0.2) is 0 Å². The fourth-order valence-electron chi connectivity index (χ4n) is 2.21. The van der Waals surface area contributed by atoms with Crippen LogP contribution in [0.4, 0.5) is 5.69 Å². The summed E-state index contributed by atoms with van der Waals surface area (Å²) in [5.74, 6) is 0.475. The molecule has 1 atom stereocenters. The molecule has 0 heterocycles. The molecule has 0 radical (unpaired) electrons. The topological polar surface area (TPSA) is 93.7 Å². The Morgan fingerprint density at radius 3 is 2.27 bits per heavy atom. The van der Waals surface area contributed by atoms with Gasteiger partial charge >= 0.3 is 0 Å². The summed E-state index contributed by atoms with van der Waals surface area (Å²) in [5, 5.41) is 2.65. The van der Waals surface area contributed by atoms with E-state index in [9.17, 15) is 13.2 Å². The fourth-order valence-corrected chi connectivity index (χ4v) is 3.42. The highest BCUT2D eigenvalue weighted by Crippen LogP contribution is 2.29. The lowest BCUT2D eigenvalue weighted by Crippen LogP contribution is -2.41. The molecule has 2 N–H and O–H groups in total. The van der Waals surface area contributed by atoms with Gasteiger partial charge < -0.3 is 14.8 Å². The Hall–Kier alpha value is -2.58. The second-order valence-corrected chi connectivity index (χ2v) is 7.43. The third-order valence-corrected chi connectivity index (χ3v) is 5.28. The van der Waals surface area contributed by atoms with Crippen molar-refractivity contribution in [2.75, 3.05) is 19.5 Å². The minimum absolute atomic E-state index is 0.102. The lowest BCUT2D eigenvalue weighted by atomic mass is 10.2. The molecule has 0 fully saturated rings. The molecule has 0 aliphatic carbocycles. The van der Waals surface area contributed by atoms with Crippen LogP contribution in [0.2, 0.25) is 0 Å². The summed E-state index contributed by atoms with van der Waals surface area (Å²) in [7, 11) is -0.813. The van der Waals surface area contributed by atoms with Gasteiger partial charge in [-0.15, -0.1) is 0 Å². The van der Waals surface area contributed by atoms with Crippen LogP contribution in [0.3, 0.4) is 0 Å². The monoisotopic (exact) mass is 378 g/mol. The highest BCUT2D eigenvalue weighted by Gasteiger charge is 2.22. The van der Waals surface area contributed by atoms with Gasteiger partial charge in [-0.3, -0.25) is 4.79 Å². The summed E-state index contributed by atoms with van der Waals surface area (Å²) < 4.78 is 37.5. The number of hydrogen-bond acceptors (Lipinski definition) is 5. The minimum atomic E-state index is -3.80. The first kappa shape index (κ1) is 19.7. The molecule has 0 saturated heterocycles. The molecule has 0 aromatic heterocycles. The van der Waals surface area contributed by atoms with E-state index < -0.39 is 22.0 Å². The average Bonchev–Trinajstić information content (AvgIpc) is 2.61. The summed E-state index contributed by atoms with van der Waals surface area (Å²) in [6.45, 7) is 3.33. The van der Waals surface area contributed by atoms with Gasteiger partial charge in [-0.05, 0) is 38.1 Å². The van der Waals surface area contributed by atoms with E-state index in [2.05, 4.69) is 10.0 Å². The van der Waals surface area contributed by atoms with Crippen LogP contribution >= 0.6 is 0 Å². The maximum absolute atomic E-state index is 12.4. The van der Waals surface area contributed by atoms with E-state index in [4.69, 9.17) is 9.47 Å². The highest BCUT2D eigenvalue weighted by molar-refractivity contribution is 7.89. The van der Waals surface area contributed by atoms with E-state index in [0.29, 0.717) is 17.2 Å². The van der Waals surface area contributed by atoms with Crippen molar-refractivity contribution in [1.29, 1.82) is 0 Å². The standard InChI is InChI=1S/C18H22N2O5S/c1-12-5-8-15(9-6-12)26(22,23)20-13(2)18(21)19-16-10-7-14(24-3)11-17(16)25-4/h5-11,13,20H,1-4H3,(H,19,21). The van der Waals surface area contributed by atoms with Crippen molar-refractivity contribution < 1.29 is 22.7 Å². The molecular formula is C18H22N2O5S. The third kappa shape index (κ3) is 4.74. The summed E-state index contributed by atoms with van der Waals surface area (Å²) in [5.41, 5.74) is 1.36. The van der Waals surface area contributed by atoms with E-state index in [1.165, 1.54) is 33.3 Å². The van der Waals surface area contributed by atoms with Crippen molar-refractivity contribution in [2.24, 2.45) is 0 Å². The number of hydrogen-bond donors (Lipinski definition) is 2. The quantitative estimate of drug-likeness (QED) is 0.771. The molecule has 1 amide bonds. The molecule has 140 valence electrons. The number of nitrogens with one attached hydrogen (secondary N) is 2. The maximum atomic E-state index is 12.4. The molecule has 0 aliphatic heterocycles. The fraction of sp³-hybridized carbons (Fsp3) is 0.278. The van der Waals surface area contributed by atoms with E-state index in [1.54, 1.807) is 30.3 Å². The van der Waals surface area contributed by atoms with Gasteiger partial charge in [0, 0.05) is 6.07 Å². The summed E-state index contributed by atoms with van der Waals surface area (Å²) in [6.07, 6.45) is 0. The lowest BCUT2D eigenvalue weighted by molar-refractivity contribution is -0.117. The van der Waals surface area contributed by atoms with Crippen molar-refractivity contribution in [3.05, 3.63) is 48.0 Å². The molecule has 0 saturated carbocycles. The molecule has 2 aromatic rings. The van der Waals surface area contributed by atoms with Gasteiger partial charge in [0.2, 0.25) is 15.9 Å². The molecular weight excluding hydrogens is 356 g/mol. The number of ether oxygens (including phenoxy) is 2. The molecule has 26 heavy (non-hydrogen) atoms. The summed E-state index contributed by atoms with van der Waals surface area (Å²) in [4.78, 5) is 12.5. The van der Waals surface area contributed by atoms with Gasteiger partial charge in [0.05, 0.1) is 30.8 Å². The van der Waals surface area contributed by atoms with Gasteiger partial charge in [-0.1, -0.05) is 17.7 Å². The first-order valence-electron chi connectivity index (χ1n) is 7.88. The first-order valence-corrected chi connectivity index (χ1v) is 9.37. The molecule has 0 spiro atoms. The molecule has 2 rings (SSSR count). The lowest BCUT2D eigenvalue weighted by Gasteiger charge is -2.16. The van der Waals surface area contributed by atoms with Crippen LogP contribution in [0.5, 0.6) is 11.5 Å². The van der Waals surface area contributed by atoms with Crippen LogP contribution in [0.25, 0.3) is 0 Å². The Kier molecular flexibility index (Phi) is 6.23. The van der Waals surface area contributed by atoms with E-state index in [0.717, 1.165) is 5.56 Å². The van der Waals surface area contributed by atoms with Crippen molar-refractivity contribution in [1.82, 2.24) is 4.72 Å². The SMILES string of the molecule is COc1ccc(NC(=O)C(C)NS(=O)(=O)c2ccc(C)cc2)c(OC)c1. The van der Waals surface area contributed by atoms with Gasteiger partial charge in [0.25, 0.3) is 0 Å². The molecule has 1 unspecified atom stereocenters. The molecule has 0 bridgehead atoms. The first-order chi connectivity index (χ1) is 12.3. The predicted octanol–water partition coefficient (Wildman–Crippen LogP) is 2.32. The Morgan fingerprint density at radius 2 is 1.69 bits per heavy atom. The molecule has 8 heteroatoms. The number of carbonyl (C=O) groups is 1. The average molecular weight is 378 g/mol. The van der Waals surface area contributed by atoms with Crippen LogP contribution in [-0.2, 0) is 14.8 Å². The highest BCUT2D eigenvalue weighted by atomic mass is 32.2. The van der Waals surface area contributed by atoms with Gasteiger partial charge in [0.1, 0.15) is 11.5 Å². The minimum Gasteiger partial charge on any atom is -0.497 e. The van der Waals surface area contributed by atoms with Crippen molar-refractivity contribution >= 4 is 21.6 Å². The zero-order chi connectivity index (χ0) is 19.3. The number of aryl methyl sites for hydroxylation is 1. The van der Waals surface area contributed by atoms with Crippen molar-refractivity contribution in [3.8, 4) is 11.5 Å². The predicted molar refractivity (Wildman–Crippen MR) is 99.1 cm³/mol. The second-order valence-electron chi connectivity index (χ2n) is 5.71. The normalized spacial score (nSPS) is 12.3. The summed E-state index contributed by atoms with van der Waals surface area (Å²) in [6, 6.07) is 10.3. The van der Waals surface area contributed by atoms with Crippen LogP contribution in [0.15, 0.2) is 47.4 Å². The number of carbonyl (C=O) groups excluding carboxylic acids is 1. The van der Waals surface area contributed by atoms with Gasteiger partial charge in [-0.25, -0.2) is 8.42 Å². The van der Waals surface area contributed by atoms with Gasteiger partial charge in [-0.2, -0.15) is 4.72 Å². The van der Waals surface area contributed by atoms with E-state index >= 15 is 0 Å².